The summed E-state index contributed by atoms with van der Waals surface area (Å²) in [5, 5.41) is 0. The van der Waals surface area contributed by atoms with Crippen LogP contribution in [0.15, 0.2) is 24.8 Å². The molecule has 0 bridgehead atoms. The second kappa shape index (κ2) is 5.22. The van der Waals surface area contributed by atoms with Crippen molar-refractivity contribution in [2.45, 2.75) is 25.5 Å². The summed E-state index contributed by atoms with van der Waals surface area (Å²) in [7, 11) is -0.789. The molecule has 3 heterocycles. The van der Waals surface area contributed by atoms with Gasteiger partial charge in [-0.25, -0.2) is 9.97 Å². The lowest BCUT2D eigenvalue weighted by atomic mass is 10.2. The van der Waals surface area contributed by atoms with Crippen LogP contribution in [0.4, 0.5) is 5.82 Å². The van der Waals surface area contributed by atoms with Crippen molar-refractivity contribution in [3.63, 3.8) is 0 Å². The first-order chi connectivity index (χ1) is 9.97. The minimum absolute atomic E-state index is 0.221. The van der Waals surface area contributed by atoms with E-state index in [-0.39, 0.29) is 4.75 Å². The van der Waals surface area contributed by atoms with Gasteiger partial charge < -0.3 is 4.90 Å². The summed E-state index contributed by atoms with van der Waals surface area (Å²) >= 11 is 0. The first kappa shape index (κ1) is 14.2. The van der Waals surface area contributed by atoms with Gasteiger partial charge in [-0.1, -0.05) is 0 Å². The number of aryl methyl sites for hydroxylation is 1. The zero-order chi connectivity index (χ0) is 15.0. The monoisotopic (exact) mass is 305 g/mol. The van der Waals surface area contributed by atoms with Crippen molar-refractivity contribution in [3.05, 3.63) is 30.6 Å². The van der Waals surface area contributed by atoms with Crippen molar-refractivity contribution in [3.8, 4) is 5.82 Å². The summed E-state index contributed by atoms with van der Waals surface area (Å²) < 4.78 is 13.7. The Morgan fingerprint density at radius 2 is 2.05 bits per heavy atom. The van der Waals surface area contributed by atoms with Crippen molar-refractivity contribution in [2.75, 3.05) is 23.7 Å². The van der Waals surface area contributed by atoms with E-state index >= 15 is 0 Å². The van der Waals surface area contributed by atoms with E-state index in [1.54, 1.807) is 18.6 Å². The van der Waals surface area contributed by atoms with Gasteiger partial charge in [-0.15, -0.1) is 0 Å². The smallest absolute Gasteiger partial charge is 0.159 e. The summed E-state index contributed by atoms with van der Waals surface area (Å²) in [6.45, 7) is 7.47. The van der Waals surface area contributed by atoms with Crippen LogP contribution in [0.2, 0.25) is 0 Å². The Kier molecular flexibility index (Phi) is 3.52. The van der Waals surface area contributed by atoms with E-state index in [0.717, 1.165) is 30.5 Å². The third kappa shape index (κ3) is 2.70. The molecule has 6 nitrogen and oxygen atoms in total. The molecule has 112 valence electrons. The lowest BCUT2D eigenvalue weighted by Gasteiger charge is -2.37. The molecule has 21 heavy (non-hydrogen) atoms. The van der Waals surface area contributed by atoms with Crippen LogP contribution in [0.3, 0.4) is 0 Å². The Hall–Kier alpha value is -1.76. The predicted octanol–water partition coefficient (Wildman–Crippen LogP) is 1.32. The van der Waals surface area contributed by atoms with Crippen molar-refractivity contribution < 1.29 is 4.21 Å². The van der Waals surface area contributed by atoms with Crippen molar-refractivity contribution in [1.82, 2.24) is 19.5 Å². The van der Waals surface area contributed by atoms with Crippen molar-refractivity contribution in [1.29, 1.82) is 0 Å². The Morgan fingerprint density at radius 1 is 1.29 bits per heavy atom. The maximum absolute atomic E-state index is 12.0. The molecule has 1 aliphatic rings. The molecule has 0 unspecified atom stereocenters. The van der Waals surface area contributed by atoms with E-state index in [0.29, 0.717) is 5.75 Å². The minimum atomic E-state index is -0.789. The highest BCUT2D eigenvalue weighted by molar-refractivity contribution is 7.86. The zero-order valence-corrected chi connectivity index (χ0v) is 13.3. The van der Waals surface area contributed by atoms with Crippen LogP contribution in [0.5, 0.6) is 0 Å². The van der Waals surface area contributed by atoms with E-state index < -0.39 is 10.8 Å². The second-order valence-corrected chi connectivity index (χ2v) is 8.02. The predicted molar refractivity (Wildman–Crippen MR) is 83.2 cm³/mol. The Balaban J connectivity index is 1.90. The Morgan fingerprint density at radius 3 is 2.71 bits per heavy atom. The van der Waals surface area contributed by atoms with Crippen LogP contribution >= 0.6 is 0 Å². The third-order valence-electron chi connectivity index (χ3n) is 3.74. The molecule has 0 spiro atoms. The lowest BCUT2D eigenvalue weighted by molar-refractivity contribution is 0.586. The van der Waals surface area contributed by atoms with E-state index in [4.69, 9.17) is 0 Å². The molecule has 0 amide bonds. The Bertz CT molecular complexity index is 682. The molecule has 1 aliphatic heterocycles. The first-order valence-corrected chi connectivity index (χ1v) is 8.25. The summed E-state index contributed by atoms with van der Waals surface area (Å²) in [5.74, 6) is 3.13. The van der Waals surface area contributed by atoms with Crippen LogP contribution < -0.4 is 4.90 Å². The van der Waals surface area contributed by atoms with Crippen LogP contribution in [-0.4, -0.2) is 47.3 Å². The maximum atomic E-state index is 12.0. The molecule has 2 aromatic heterocycles. The molecular formula is C14H19N5OS. The summed E-state index contributed by atoms with van der Waals surface area (Å²) in [6.07, 6.45) is 7.11. The lowest BCUT2D eigenvalue weighted by Crippen LogP contribution is -2.50. The molecule has 1 atom stereocenters. The molecule has 3 rings (SSSR count). The molecule has 2 aromatic rings. The van der Waals surface area contributed by atoms with Gasteiger partial charge in [0.2, 0.25) is 0 Å². The van der Waals surface area contributed by atoms with Crippen molar-refractivity contribution >= 4 is 16.6 Å². The SMILES string of the molecule is Cc1nccn1-c1cncc(N2CC[S@@](=O)C(C)(C)C2)n1. The fourth-order valence-corrected chi connectivity index (χ4v) is 3.75. The van der Waals surface area contributed by atoms with E-state index in [1.165, 1.54) is 0 Å². The molecule has 0 aromatic carbocycles. The van der Waals surface area contributed by atoms with Gasteiger partial charge in [-0.3, -0.25) is 13.8 Å². The van der Waals surface area contributed by atoms with Gasteiger partial charge in [-0.05, 0) is 20.8 Å². The van der Waals surface area contributed by atoms with Gasteiger partial charge in [0.25, 0.3) is 0 Å². The highest BCUT2D eigenvalue weighted by Crippen LogP contribution is 2.24. The van der Waals surface area contributed by atoms with Crippen LogP contribution in [0, 0.1) is 6.92 Å². The quantitative estimate of drug-likeness (QED) is 0.837. The van der Waals surface area contributed by atoms with Gasteiger partial charge in [-0.2, -0.15) is 0 Å². The highest BCUT2D eigenvalue weighted by Gasteiger charge is 2.33. The fourth-order valence-electron chi connectivity index (χ4n) is 2.51. The summed E-state index contributed by atoms with van der Waals surface area (Å²) in [6, 6.07) is 0. The molecule has 0 aliphatic carbocycles. The average molecular weight is 305 g/mol. The van der Waals surface area contributed by atoms with Gasteiger partial charge in [0, 0.05) is 42.0 Å². The minimum Gasteiger partial charge on any atom is -0.353 e. The molecule has 7 heteroatoms. The molecule has 1 fully saturated rings. The number of rotatable bonds is 2. The molecule has 0 saturated carbocycles. The summed E-state index contributed by atoms with van der Waals surface area (Å²) in [5.41, 5.74) is 0. The third-order valence-corrected chi connectivity index (χ3v) is 5.66. The largest absolute Gasteiger partial charge is 0.353 e. The van der Waals surface area contributed by atoms with Crippen LogP contribution in [0.1, 0.15) is 19.7 Å². The van der Waals surface area contributed by atoms with Crippen LogP contribution in [-0.2, 0) is 10.8 Å². The van der Waals surface area contributed by atoms with Gasteiger partial charge >= 0.3 is 0 Å². The highest BCUT2D eigenvalue weighted by atomic mass is 32.2. The first-order valence-electron chi connectivity index (χ1n) is 6.93. The van der Waals surface area contributed by atoms with E-state index in [2.05, 4.69) is 19.9 Å². The summed E-state index contributed by atoms with van der Waals surface area (Å²) in [4.78, 5) is 15.3. The van der Waals surface area contributed by atoms with Gasteiger partial charge in [0.15, 0.2) is 5.82 Å². The van der Waals surface area contributed by atoms with Gasteiger partial charge in [0.05, 0.1) is 17.1 Å². The van der Waals surface area contributed by atoms with E-state index in [9.17, 15) is 4.21 Å². The van der Waals surface area contributed by atoms with Crippen molar-refractivity contribution in [2.24, 2.45) is 0 Å². The van der Waals surface area contributed by atoms with Gasteiger partial charge in [0.1, 0.15) is 11.6 Å². The fraction of sp³-hybridized carbons (Fsp3) is 0.500. The number of hydrogen-bond donors (Lipinski definition) is 0. The standard InChI is InChI=1S/C14H19N5OS/c1-11-16-4-5-19(11)13-9-15-8-12(17-13)18-6-7-21(20)14(2,3)10-18/h4-5,8-9H,6-7,10H2,1-3H3/t21-/m1/s1. The molecule has 0 radical (unpaired) electrons. The number of nitrogens with zero attached hydrogens (tertiary/aromatic N) is 5. The molecule has 1 saturated heterocycles. The maximum Gasteiger partial charge on any atom is 0.159 e. The number of aromatic nitrogens is 4. The number of anilines is 1. The second-order valence-electron chi connectivity index (χ2n) is 5.81. The van der Waals surface area contributed by atoms with E-state index in [1.807, 2.05) is 31.5 Å². The topological polar surface area (TPSA) is 63.9 Å². The number of hydrogen-bond acceptors (Lipinski definition) is 5. The normalized spacial score (nSPS) is 21.5. The zero-order valence-electron chi connectivity index (χ0n) is 12.5. The Labute approximate surface area is 126 Å². The number of imidazole rings is 1. The molecular weight excluding hydrogens is 286 g/mol. The molecule has 0 N–H and O–H groups in total. The average Bonchev–Trinajstić information content (AvgIpc) is 2.88. The van der Waals surface area contributed by atoms with Crippen LogP contribution in [0.25, 0.3) is 5.82 Å².